The first kappa shape index (κ1) is 9.74. The molecule has 0 aliphatic carbocycles. The molecule has 0 aromatic rings. The van der Waals surface area contributed by atoms with E-state index in [2.05, 4.69) is 10.1 Å². The number of carbonyl (C=O) groups is 1. The van der Waals surface area contributed by atoms with E-state index in [0.717, 1.165) is 0 Å². The lowest BCUT2D eigenvalue weighted by molar-refractivity contribution is 0.0926. The lowest BCUT2D eigenvalue weighted by atomic mass is 11.4. The van der Waals surface area contributed by atoms with Gasteiger partial charge in [-0.15, -0.1) is 0 Å². The van der Waals surface area contributed by atoms with Gasteiger partial charge in [0.15, 0.2) is 0 Å². The van der Waals surface area contributed by atoms with E-state index < -0.39 is 6.16 Å². The number of hydrogen-bond acceptors (Lipinski definition) is 4. The van der Waals surface area contributed by atoms with Crippen molar-refractivity contribution in [3.8, 4) is 0 Å². The molecule has 0 unspecified atom stereocenters. The van der Waals surface area contributed by atoms with Gasteiger partial charge in [0.25, 0.3) is 0 Å². The maximum atomic E-state index is 9.27. The minimum Gasteiger partial charge on any atom is -0.449 e. The van der Waals surface area contributed by atoms with Crippen molar-refractivity contribution >= 4 is 6.16 Å². The second-order valence-corrected chi connectivity index (χ2v) is 0.528. The van der Waals surface area contributed by atoms with Gasteiger partial charge in [0, 0.05) is 4.91 Å². The third-order valence-electron chi connectivity index (χ3n) is 0.155. The van der Waals surface area contributed by atoms with Gasteiger partial charge in [-0.1, -0.05) is 0 Å². The molecule has 0 saturated heterocycles. The van der Waals surface area contributed by atoms with Gasteiger partial charge in [0.2, 0.25) is 0 Å². The first-order valence-electron chi connectivity index (χ1n) is 1.21. The van der Waals surface area contributed by atoms with Gasteiger partial charge in [-0.25, -0.2) is 4.79 Å². The fourth-order valence-corrected chi connectivity index (χ4v) is 0.0532. The molecule has 46 valence electrons. The number of nitrogens with zero attached hydrogens (tertiary/aromatic N) is 3. The van der Waals surface area contributed by atoms with Crippen LogP contribution in [0.5, 0.6) is 0 Å². The summed E-state index contributed by atoms with van der Waals surface area (Å²) in [5.41, 5.74) is 7.39. The number of azide groups is 1. The number of rotatable bonds is 1. The summed E-state index contributed by atoms with van der Waals surface area (Å²) in [5, 5.41) is 9.81. The fraction of sp³-hybridized carbons (Fsp3) is 0. The zero-order chi connectivity index (χ0) is 5.70. The maximum absolute atomic E-state index is 9.27. The van der Waals surface area contributed by atoms with E-state index in [1.165, 1.54) is 0 Å². The van der Waals surface area contributed by atoms with E-state index in [0.29, 0.717) is 0 Å². The van der Waals surface area contributed by atoms with E-state index in [1.807, 2.05) is 4.91 Å². The second kappa shape index (κ2) is 5.54. The predicted molar refractivity (Wildman–Crippen MR) is 23.3 cm³/mol. The van der Waals surface area contributed by atoms with Crippen LogP contribution in [0, 0.1) is 0 Å². The molecule has 0 radical (unpaired) electrons. The van der Waals surface area contributed by atoms with Crippen LogP contribution in [-0.4, -0.2) is 11.3 Å². The highest BCUT2D eigenvalue weighted by molar-refractivity contribution is 5.56. The zero-order valence-corrected chi connectivity index (χ0v) is 3.81. The molecule has 7 heteroatoms. The molecule has 0 rings (SSSR count). The monoisotopic (exact) mass is 120 g/mol. The molecular formula is CH4N4O3. The maximum Gasteiger partial charge on any atom is 0.517 e. The first-order valence-corrected chi connectivity index (χ1v) is 1.21. The van der Waals surface area contributed by atoms with Gasteiger partial charge in [-0.05, 0) is 5.53 Å². The Balaban J connectivity index is 0. The highest BCUT2D eigenvalue weighted by atomic mass is 16.8. The van der Waals surface area contributed by atoms with Gasteiger partial charge in [0.1, 0.15) is 5.28 Å². The molecule has 0 saturated carbocycles. The predicted octanol–water partition coefficient (Wildman–Crippen LogP) is 1.07. The summed E-state index contributed by atoms with van der Waals surface area (Å²) in [6, 6.07) is 0. The molecule has 0 aliphatic heterocycles. The van der Waals surface area contributed by atoms with Crippen LogP contribution in [0.3, 0.4) is 0 Å². The van der Waals surface area contributed by atoms with E-state index in [-0.39, 0.29) is 6.15 Å². The minimum atomic E-state index is -1.61. The Hall–Kier alpha value is -1.46. The number of hydrogen-bond donors (Lipinski definition) is 2. The molecule has 7 nitrogen and oxygen atoms in total. The molecule has 8 heavy (non-hydrogen) atoms. The molecule has 0 amide bonds. The fourth-order valence-electron chi connectivity index (χ4n) is 0.0532. The molecule has 0 atom stereocenters. The lowest BCUT2D eigenvalue weighted by Gasteiger charge is -1.78. The summed E-state index contributed by atoms with van der Waals surface area (Å²) in [7, 11) is 0. The first-order chi connectivity index (χ1) is 3.27. The molecule has 0 aliphatic rings. The van der Waals surface area contributed by atoms with Crippen LogP contribution >= 0.6 is 0 Å². The van der Waals surface area contributed by atoms with Gasteiger partial charge in [-0.3, -0.25) is 0 Å². The quantitative estimate of drug-likeness (QED) is 0.232. The highest BCUT2D eigenvalue weighted by Crippen LogP contribution is 1.74. The van der Waals surface area contributed by atoms with Gasteiger partial charge < -0.3 is 16.1 Å². The summed E-state index contributed by atoms with van der Waals surface area (Å²) in [6.45, 7) is 0. The Morgan fingerprint density at radius 2 is 2.38 bits per heavy atom. The summed E-state index contributed by atoms with van der Waals surface area (Å²) >= 11 is 0. The van der Waals surface area contributed by atoms with Crippen molar-refractivity contribution in [2.24, 2.45) is 5.28 Å². The van der Waals surface area contributed by atoms with Gasteiger partial charge in [-0.2, -0.15) is 0 Å². The largest absolute Gasteiger partial charge is 0.517 e. The van der Waals surface area contributed by atoms with Crippen molar-refractivity contribution in [1.82, 2.24) is 6.15 Å². The Bertz CT molecular complexity index is 114. The third-order valence-corrected chi connectivity index (χ3v) is 0.155. The third kappa shape index (κ3) is 8.82. The Kier molecular flexibility index (Phi) is 6.74. The topological polar surface area (TPSA) is 130 Å². The summed E-state index contributed by atoms with van der Waals surface area (Å²) in [5.74, 6) is 0. The van der Waals surface area contributed by atoms with Crippen LogP contribution < -0.4 is 6.15 Å². The van der Waals surface area contributed by atoms with Crippen LogP contribution in [0.1, 0.15) is 0 Å². The average molecular weight is 120 g/mol. The van der Waals surface area contributed by atoms with Crippen molar-refractivity contribution < 1.29 is 14.7 Å². The summed E-state index contributed by atoms with van der Waals surface area (Å²) < 4.78 is 0. The van der Waals surface area contributed by atoms with Crippen LogP contribution in [0.15, 0.2) is 5.28 Å². The van der Waals surface area contributed by atoms with Crippen molar-refractivity contribution in [3.63, 3.8) is 0 Å². The van der Waals surface area contributed by atoms with Crippen molar-refractivity contribution in [3.05, 3.63) is 10.4 Å². The molecule has 0 aromatic heterocycles. The van der Waals surface area contributed by atoms with Crippen LogP contribution in [-0.2, 0) is 4.84 Å². The normalized spacial score (nSPS) is 5.50. The highest BCUT2D eigenvalue weighted by Gasteiger charge is 1.87. The Morgan fingerprint density at radius 3 is 2.50 bits per heavy atom. The minimum absolute atomic E-state index is 0. The van der Waals surface area contributed by atoms with E-state index in [1.54, 1.807) is 0 Å². The Labute approximate surface area is 44.0 Å². The van der Waals surface area contributed by atoms with Crippen molar-refractivity contribution in [2.75, 3.05) is 0 Å². The molecule has 0 spiro atoms. The number of carboxylic acid groups (broad SMARTS) is 1. The van der Waals surface area contributed by atoms with Gasteiger partial charge >= 0.3 is 6.16 Å². The van der Waals surface area contributed by atoms with Crippen LogP contribution in [0.25, 0.3) is 10.4 Å². The lowest BCUT2D eigenvalue weighted by Crippen LogP contribution is -1.89. The van der Waals surface area contributed by atoms with E-state index in [9.17, 15) is 4.79 Å². The molecule has 0 aromatic carbocycles. The Morgan fingerprint density at radius 1 is 1.88 bits per heavy atom. The molecular weight excluding hydrogens is 116 g/mol. The van der Waals surface area contributed by atoms with Gasteiger partial charge in [0.05, 0.1) is 0 Å². The molecule has 4 N–H and O–H groups in total. The van der Waals surface area contributed by atoms with Crippen molar-refractivity contribution in [2.45, 2.75) is 0 Å². The van der Waals surface area contributed by atoms with Crippen LogP contribution in [0.2, 0.25) is 0 Å². The SMILES string of the molecule is N.[N-]=[N+]=NOC(=O)O. The summed E-state index contributed by atoms with van der Waals surface area (Å²) in [4.78, 5) is 14.6. The standard InChI is InChI=1S/CHN3O3.H3N/c2-3-4-7-1(5)6;/h(H,5,6);1H3. The molecule has 0 heterocycles. The summed E-state index contributed by atoms with van der Waals surface area (Å²) in [6.07, 6.45) is -1.61. The average Bonchev–Trinajstić information content (AvgIpc) is 1.61. The molecule has 0 bridgehead atoms. The van der Waals surface area contributed by atoms with E-state index >= 15 is 0 Å². The zero-order valence-electron chi connectivity index (χ0n) is 3.81. The smallest absolute Gasteiger partial charge is 0.449 e. The second-order valence-electron chi connectivity index (χ2n) is 0.528. The van der Waals surface area contributed by atoms with Crippen LogP contribution in [0.4, 0.5) is 4.79 Å². The van der Waals surface area contributed by atoms with Crippen molar-refractivity contribution in [1.29, 1.82) is 0 Å². The van der Waals surface area contributed by atoms with E-state index in [4.69, 9.17) is 10.6 Å². The molecule has 0 fully saturated rings.